The van der Waals surface area contributed by atoms with Gasteiger partial charge in [-0.2, -0.15) is 5.10 Å². The summed E-state index contributed by atoms with van der Waals surface area (Å²) in [6, 6.07) is 10.00. The summed E-state index contributed by atoms with van der Waals surface area (Å²) in [7, 11) is 1.54. The second-order valence-corrected chi connectivity index (χ2v) is 9.14. The van der Waals surface area contributed by atoms with Gasteiger partial charge in [-0.25, -0.2) is 10.2 Å². The number of nitrogens with zero attached hydrogens (tertiary/aromatic N) is 1. The number of carbonyl (C=O) groups is 2. The molecule has 0 unspecified atom stereocenters. The van der Waals surface area contributed by atoms with Crippen LogP contribution in [0.5, 0.6) is 17.2 Å². The Morgan fingerprint density at radius 3 is 2.63 bits per heavy atom. The highest BCUT2D eigenvalue weighted by molar-refractivity contribution is 9.10. The minimum absolute atomic E-state index is 0.228. The van der Waals surface area contributed by atoms with E-state index in [1.54, 1.807) is 57.4 Å². The number of thiocarbonyl (C=S) groups is 1. The fourth-order valence-corrected chi connectivity index (χ4v) is 4.56. The Morgan fingerprint density at radius 1 is 1.16 bits per heavy atom. The van der Waals surface area contributed by atoms with Gasteiger partial charge in [-0.1, -0.05) is 18.2 Å². The molecule has 1 aliphatic rings. The Balaban J connectivity index is 1.70. The van der Waals surface area contributed by atoms with Crippen molar-refractivity contribution in [1.29, 1.82) is 0 Å². The summed E-state index contributed by atoms with van der Waals surface area (Å²) >= 11 is 8.76. The van der Waals surface area contributed by atoms with Crippen molar-refractivity contribution in [2.75, 3.05) is 26.9 Å². The Labute approximate surface area is 234 Å². The molecule has 0 spiro atoms. The van der Waals surface area contributed by atoms with Crippen LogP contribution >= 0.6 is 28.1 Å². The number of carbonyl (C=O) groups excluding carboxylic acids is 2. The normalized spacial score (nSPS) is 15.0. The van der Waals surface area contributed by atoms with E-state index in [9.17, 15) is 9.59 Å². The maximum absolute atomic E-state index is 12.7. The third kappa shape index (κ3) is 7.23. The summed E-state index contributed by atoms with van der Waals surface area (Å²) in [5.74, 6) is 0.578. The van der Waals surface area contributed by atoms with E-state index in [1.807, 2.05) is 6.92 Å². The van der Waals surface area contributed by atoms with E-state index >= 15 is 0 Å². The molecule has 2 aromatic rings. The first-order valence-corrected chi connectivity index (χ1v) is 13.0. The molecule has 12 heteroatoms. The van der Waals surface area contributed by atoms with Gasteiger partial charge in [0, 0.05) is 11.3 Å². The number of esters is 1. The zero-order chi connectivity index (χ0) is 27.7. The maximum Gasteiger partial charge on any atom is 0.338 e. The molecular weight excluding hydrogens is 576 g/mol. The molecular formula is C26H29BrN4O6S. The van der Waals surface area contributed by atoms with E-state index in [0.717, 1.165) is 0 Å². The number of para-hydroxylation sites is 1. The van der Waals surface area contributed by atoms with Gasteiger partial charge in [0.1, 0.15) is 5.75 Å². The number of benzene rings is 2. The van der Waals surface area contributed by atoms with E-state index in [4.69, 9.17) is 31.2 Å². The van der Waals surface area contributed by atoms with Crippen molar-refractivity contribution in [1.82, 2.24) is 16.1 Å². The number of allylic oxidation sites excluding steroid dienone is 1. The van der Waals surface area contributed by atoms with Gasteiger partial charge < -0.3 is 29.6 Å². The summed E-state index contributed by atoms with van der Waals surface area (Å²) in [5.41, 5.74) is 4.71. The van der Waals surface area contributed by atoms with Crippen molar-refractivity contribution < 1.29 is 28.5 Å². The Kier molecular flexibility index (Phi) is 10.5. The molecule has 0 fully saturated rings. The quantitative estimate of drug-likeness (QED) is 0.152. The van der Waals surface area contributed by atoms with Crippen molar-refractivity contribution in [2.45, 2.75) is 26.8 Å². The lowest BCUT2D eigenvalue weighted by Gasteiger charge is -2.30. The van der Waals surface area contributed by atoms with Crippen LogP contribution in [0.15, 0.2) is 57.2 Å². The summed E-state index contributed by atoms with van der Waals surface area (Å²) in [4.78, 5) is 25.1. The van der Waals surface area contributed by atoms with Gasteiger partial charge in [-0.05, 0) is 72.7 Å². The number of hydrazone groups is 1. The molecule has 0 saturated heterocycles. The Hall–Kier alpha value is -3.64. The monoisotopic (exact) mass is 604 g/mol. The first-order valence-electron chi connectivity index (χ1n) is 11.8. The van der Waals surface area contributed by atoms with E-state index in [-0.39, 0.29) is 13.2 Å². The number of rotatable bonds is 11. The van der Waals surface area contributed by atoms with Gasteiger partial charge >= 0.3 is 5.97 Å². The van der Waals surface area contributed by atoms with Gasteiger partial charge in [0.25, 0.3) is 5.91 Å². The van der Waals surface area contributed by atoms with Crippen molar-refractivity contribution in [3.8, 4) is 17.2 Å². The van der Waals surface area contributed by atoms with E-state index in [2.05, 4.69) is 37.1 Å². The predicted molar refractivity (Wildman–Crippen MR) is 150 cm³/mol. The third-order valence-corrected chi connectivity index (χ3v) is 6.11. The Morgan fingerprint density at radius 2 is 1.92 bits per heavy atom. The summed E-state index contributed by atoms with van der Waals surface area (Å²) in [6.45, 7) is 5.78. The van der Waals surface area contributed by atoms with E-state index < -0.39 is 17.9 Å². The van der Waals surface area contributed by atoms with Crippen LogP contribution in [-0.2, 0) is 14.3 Å². The van der Waals surface area contributed by atoms with Crippen molar-refractivity contribution in [3.63, 3.8) is 0 Å². The molecule has 1 heterocycles. The zero-order valence-corrected chi connectivity index (χ0v) is 23.8. The van der Waals surface area contributed by atoms with Crippen molar-refractivity contribution >= 4 is 51.4 Å². The Bertz CT molecular complexity index is 1270. The minimum atomic E-state index is -0.617. The standard InChI is InChI=1S/C26H29BrN4O6S/c1-5-35-24-18(27)11-16(12-20(24)34-4)13-28-31-21(32)14-37-19-10-8-7-9-17(19)23-22(25(33)36-6-2)15(3)29-26(38)30-23/h7-13,23H,5-6,14H2,1-4H3,(H,31,32)(H2,29,30,38)/t23-/m0/s1. The highest BCUT2D eigenvalue weighted by Crippen LogP contribution is 2.36. The lowest BCUT2D eigenvalue weighted by Crippen LogP contribution is -2.45. The average molecular weight is 606 g/mol. The number of amides is 1. The molecule has 0 radical (unpaired) electrons. The molecule has 0 aromatic heterocycles. The van der Waals surface area contributed by atoms with Crippen LogP contribution in [0.4, 0.5) is 0 Å². The fourth-order valence-electron chi connectivity index (χ4n) is 3.71. The van der Waals surface area contributed by atoms with Gasteiger partial charge in [0.05, 0.1) is 42.6 Å². The van der Waals surface area contributed by atoms with Crippen LogP contribution in [-0.4, -0.2) is 50.1 Å². The van der Waals surface area contributed by atoms with Crippen LogP contribution in [0, 0.1) is 0 Å². The predicted octanol–water partition coefficient (Wildman–Crippen LogP) is 3.74. The SMILES string of the molecule is CCOC(=O)C1=C(C)NC(=S)N[C@H]1c1ccccc1OCC(=O)NN=Cc1cc(Br)c(OCC)c(OC)c1. The molecule has 0 saturated carbocycles. The van der Waals surface area contributed by atoms with Crippen molar-refractivity contribution in [2.24, 2.45) is 5.10 Å². The molecule has 2 aromatic carbocycles. The average Bonchev–Trinajstić information content (AvgIpc) is 2.88. The highest BCUT2D eigenvalue weighted by Gasteiger charge is 2.32. The van der Waals surface area contributed by atoms with Crippen LogP contribution < -0.4 is 30.3 Å². The van der Waals surface area contributed by atoms with Crippen LogP contribution in [0.25, 0.3) is 0 Å². The topological polar surface area (TPSA) is 120 Å². The lowest BCUT2D eigenvalue weighted by atomic mass is 9.95. The molecule has 10 nitrogen and oxygen atoms in total. The lowest BCUT2D eigenvalue weighted by molar-refractivity contribution is -0.139. The van der Waals surface area contributed by atoms with E-state index in [0.29, 0.717) is 55.8 Å². The first kappa shape index (κ1) is 28.9. The second-order valence-electron chi connectivity index (χ2n) is 7.88. The molecule has 38 heavy (non-hydrogen) atoms. The third-order valence-electron chi connectivity index (χ3n) is 5.30. The largest absolute Gasteiger partial charge is 0.493 e. The summed E-state index contributed by atoms with van der Waals surface area (Å²) in [5, 5.41) is 10.4. The van der Waals surface area contributed by atoms with Crippen LogP contribution in [0.3, 0.4) is 0 Å². The number of hydrogen-bond donors (Lipinski definition) is 3. The number of nitrogens with one attached hydrogen (secondary N) is 3. The summed E-state index contributed by atoms with van der Waals surface area (Å²) < 4.78 is 22.7. The zero-order valence-electron chi connectivity index (χ0n) is 21.4. The highest BCUT2D eigenvalue weighted by atomic mass is 79.9. The van der Waals surface area contributed by atoms with Crippen molar-refractivity contribution in [3.05, 3.63) is 63.3 Å². The van der Waals surface area contributed by atoms with Gasteiger partial charge in [0.2, 0.25) is 0 Å². The minimum Gasteiger partial charge on any atom is -0.493 e. The number of methoxy groups -OCH3 is 1. The number of ether oxygens (including phenoxy) is 4. The van der Waals surface area contributed by atoms with Crippen LogP contribution in [0.1, 0.15) is 37.9 Å². The maximum atomic E-state index is 12.7. The van der Waals surface area contributed by atoms with Gasteiger partial charge in [-0.15, -0.1) is 0 Å². The molecule has 1 amide bonds. The summed E-state index contributed by atoms with van der Waals surface area (Å²) in [6.07, 6.45) is 1.48. The molecule has 3 N–H and O–H groups in total. The molecule has 3 rings (SSSR count). The molecule has 0 aliphatic carbocycles. The van der Waals surface area contributed by atoms with Gasteiger partial charge in [-0.3, -0.25) is 4.79 Å². The number of hydrogen-bond acceptors (Lipinski definition) is 8. The second kappa shape index (κ2) is 13.8. The van der Waals surface area contributed by atoms with E-state index in [1.165, 1.54) is 6.21 Å². The molecule has 1 aliphatic heterocycles. The van der Waals surface area contributed by atoms with Crippen LogP contribution in [0.2, 0.25) is 0 Å². The molecule has 1 atom stereocenters. The smallest absolute Gasteiger partial charge is 0.338 e. The van der Waals surface area contributed by atoms with Gasteiger partial charge in [0.15, 0.2) is 23.2 Å². The fraction of sp³-hybridized carbons (Fsp3) is 0.308. The molecule has 0 bridgehead atoms. The first-order chi connectivity index (χ1) is 18.3. The number of halogens is 1. The molecule has 202 valence electrons.